The Morgan fingerprint density at radius 1 is 1.11 bits per heavy atom. The van der Waals surface area contributed by atoms with Gasteiger partial charge in [-0.05, 0) is 42.0 Å². The molecule has 2 aromatic carbocycles. The van der Waals surface area contributed by atoms with Crippen LogP contribution in [0.4, 0.5) is 10.1 Å². The van der Waals surface area contributed by atoms with Gasteiger partial charge in [-0.3, -0.25) is 4.79 Å². The predicted molar refractivity (Wildman–Crippen MR) is 105 cm³/mol. The van der Waals surface area contributed by atoms with E-state index in [1.165, 1.54) is 29.8 Å². The second kappa shape index (κ2) is 8.10. The molecular weight excluding hydrogens is 377 g/mol. The molecular formula is C20H16FN5OS. The molecule has 2 aromatic heterocycles. The number of aromatic nitrogens is 4. The summed E-state index contributed by atoms with van der Waals surface area (Å²) >= 11 is 1.43. The van der Waals surface area contributed by atoms with Crippen LogP contribution in [0.1, 0.15) is 11.3 Å². The van der Waals surface area contributed by atoms with Gasteiger partial charge in [0.15, 0.2) is 0 Å². The van der Waals surface area contributed by atoms with E-state index in [9.17, 15) is 9.18 Å². The minimum atomic E-state index is -0.285. The molecule has 0 saturated carbocycles. The number of thiazole rings is 1. The van der Waals surface area contributed by atoms with Crippen molar-refractivity contribution in [3.05, 3.63) is 83.6 Å². The lowest BCUT2D eigenvalue weighted by Crippen LogP contribution is -2.14. The first kappa shape index (κ1) is 18.0. The highest BCUT2D eigenvalue weighted by molar-refractivity contribution is 7.13. The van der Waals surface area contributed by atoms with Crippen LogP contribution < -0.4 is 5.32 Å². The third-order valence-corrected chi connectivity index (χ3v) is 4.97. The van der Waals surface area contributed by atoms with E-state index >= 15 is 0 Å². The number of rotatable bonds is 6. The van der Waals surface area contributed by atoms with Gasteiger partial charge >= 0.3 is 0 Å². The minimum absolute atomic E-state index is 0.139. The first-order valence-corrected chi connectivity index (χ1v) is 9.45. The largest absolute Gasteiger partial charge is 0.326 e. The number of nitrogens with zero attached hydrogens (tertiary/aromatic N) is 4. The first-order chi connectivity index (χ1) is 13.7. The Kier molecular flexibility index (Phi) is 5.20. The quantitative estimate of drug-likeness (QED) is 0.541. The summed E-state index contributed by atoms with van der Waals surface area (Å²) in [6, 6.07) is 13.7. The number of nitrogens with one attached hydrogen (secondary N) is 1. The van der Waals surface area contributed by atoms with Gasteiger partial charge in [-0.15, -0.1) is 11.3 Å². The minimum Gasteiger partial charge on any atom is -0.326 e. The number of hydrogen-bond acceptors (Lipinski definition) is 5. The molecule has 0 radical (unpaired) electrons. The molecule has 0 aliphatic carbocycles. The Morgan fingerprint density at radius 3 is 2.61 bits per heavy atom. The molecule has 2 heterocycles. The third kappa shape index (κ3) is 4.47. The molecule has 1 amide bonds. The van der Waals surface area contributed by atoms with Crippen molar-refractivity contribution in [3.63, 3.8) is 0 Å². The van der Waals surface area contributed by atoms with Gasteiger partial charge in [0.05, 0.1) is 18.7 Å². The lowest BCUT2D eigenvalue weighted by Gasteiger charge is -2.06. The molecule has 0 saturated heterocycles. The van der Waals surface area contributed by atoms with Crippen LogP contribution >= 0.6 is 11.3 Å². The fourth-order valence-corrected chi connectivity index (χ4v) is 3.50. The van der Waals surface area contributed by atoms with Crippen molar-refractivity contribution in [3.8, 4) is 10.6 Å². The van der Waals surface area contributed by atoms with E-state index in [0.29, 0.717) is 12.2 Å². The maximum atomic E-state index is 13.0. The molecule has 0 aliphatic heterocycles. The SMILES string of the molecule is O=C(Cc1csc(-c2ccc(F)cc2)n1)Nc1ccc(Cn2cncn2)cc1. The number of benzene rings is 2. The maximum Gasteiger partial charge on any atom is 0.230 e. The molecule has 4 rings (SSSR count). The summed E-state index contributed by atoms with van der Waals surface area (Å²) in [5.41, 5.74) is 3.30. The van der Waals surface area contributed by atoms with Crippen molar-refractivity contribution >= 4 is 22.9 Å². The summed E-state index contributed by atoms with van der Waals surface area (Å²) < 4.78 is 14.8. The van der Waals surface area contributed by atoms with E-state index in [4.69, 9.17) is 0 Å². The highest BCUT2D eigenvalue weighted by Gasteiger charge is 2.10. The zero-order valence-corrected chi connectivity index (χ0v) is 15.6. The molecule has 8 heteroatoms. The van der Waals surface area contributed by atoms with E-state index < -0.39 is 0 Å². The summed E-state index contributed by atoms with van der Waals surface area (Å²) in [6.45, 7) is 0.624. The summed E-state index contributed by atoms with van der Waals surface area (Å²) in [7, 11) is 0. The standard InChI is InChI=1S/C20H16FN5OS/c21-16-5-3-15(4-6-16)20-25-18(11-28-20)9-19(27)24-17-7-1-14(2-8-17)10-26-13-22-12-23-26/h1-8,11-13H,9-10H2,(H,24,27). The van der Waals surface area contributed by atoms with Crippen LogP contribution in [0.5, 0.6) is 0 Å². The van der Waals surface area contributed by atoms with Crippen molar-refractivity contribution in [2.45, 2.75) is 13.0 Å². The lowest BCUT2D eigenvalue weighted by molar-refractivity contribution is -0.115. The van der Waals surface area contributed by atoms with Crippen LogP contribution in [-0.4, -0.2) is 25.7 Å². The summed E-state index contributed by atoms with van der Waals surface area (Å²) in [6.07, 6.45) is 3.33. The molecule has 28 heavy (non-hydrogen) atoms. The topological polar surface area (TPSA) is 72.7 Å². The molecule has 0 aliphatic rings. The van der Waals surface area contributed by atoms with Crippen molar-refractivity contribution in [1.29, 1.82) is 0 Å². The Morgan fingerprint density at radius 2 is 1.89 bits per heavy atom. The van der Waals surface area contributed by atoms with Gasteiger partial charge < -0.3 is 5.32 Å². The van der Waals surface area contributed by atoms with Gasteiger partial charge in [-0.25, -0.2) is 19.0 Å². The summed E-state index contributed by atoms with van der Waals surface area (Å²) in [4.78, 5) is 20.7. The van der Waals surface area contributed by atoms with Crippen LogP contribution in [0.3, 0.4) is 0 Å². The normalized spacial score (nSPS) is 10.8. The van der Waals surface area contributed by atoms with Crippen molar-refractivity contribution in [2.75, 3.05) is 5.32 Å². The number of halogens is 1. The zero-order valence-electron chi connectivity index (χ0n) is 14.7. The van der Waals surface area contributed by atoms with Crippen LogP contribution in [0.2, 0.25) is 0 Å². The Bertz CT molecular complexity index is 1060. The van der Waals surface area contributed by atoms with Gasteiger partial charge in [0.2, 0.25) is 5.91 Å². The second-order valence-electron chi connectivity index (χ2n) is 6.17. The second-order valence-corrected chi connectivity index (χ2v) is 7.02. The first-order valence-electron chi connectivity index (χ1n) is 8.57. The van der Waals surface area contributed by atoms with Gasteiger partial charge in [-0.2, -0.15) is 5.10 Å². The Labute approximate surface area is 164 Å². The Hall–Kier alpha value is -3.39. The molecule has 140 valence electrons. The summed E-state index contributed by atoms with van der Waals surface area (Å²) in [5, 5.41) is 9.55. The van der Waals surface area contributed by atoms with E-state index in [1.807, 2.05) is 29.6 Å². The van der Waals surface area contributed by atoms with E-state index in [1.54, 1.807) is 23.1 Å². The van der Waals surface area contributed by atoms with Crippen LogP contribution in [0.15, 0.2) is 66.6 Å². The van der Waals surface area contributed by atoms with E-state index in [2.05, 4.69) is 20.4 Å². The molecule has 1 N–H and O–H groups in total. The lowest BCUT2D eigenvalue weighted by atomic mass is 10.2. The van der Waals surface area contributed by atoms with Gasteiger partial charge in [0.25, 0.3) is 0 Å². The average Bonchev–Trinajstić information content (AvgIpc) is 3.36. The molecule has 4 aromatic rings. The molecule has 0 spiro atoms. The molecule has 6 nitrogen and oxygen atoms in total. The maximum absolute atomic E-state index is 13.0. The Balaban J connectivity index is 1.35. The highest BCUT2D eigenvalue weighted by Crippen LogP contribution is 2.24. The van der Waals surface area contributed by atoms with Crippen molar-refractivity contribution < 1.29 is 9.18 Å². The average molecular weight is 393 g/mol. The monoisotopic (exact) mass is 393 g/mol. The molecule has 0 unspecified atom stereocenters. The molecule has 0 fully saturated rings. The van der Waals surface area contributed by atoms with Gasteiger partial charge in [-0.1, -0.05) is 12.1 Å². The van der Waals surface area contributed by atoms with Crippen molar-refractivity contribution in [1.82, 2.24) is 19.7 Å². The van der Waals surface area contributed by atoms with Crippen molar-refractivity contribution in [2.24, 2.45) is 0 Å². The summed E-state index contributed by atoms with van der Waals surface area (Å²) in [5.74, 6) is -0.424. The molecule has 0 bridgehead atoms. The van der Waals surface area contributed by atoms with Crippen LogP contribution in [0, 0.1) is 5.82 Å². The number of amides is 1. The third-order valence-electron chi connectivity index (χ3n) is 4.03. The van der Waals surface area contributed by atoms with Gasteiger partial charge in [0.1, 0.15) is 23.5 Å². The smallest absolute Gasteiger partial charge is 0.230 e. The number of carbonyl (C=O) groups is 1. The van der Waals surface area contributed by atoms with Gasteiger partial charge in [0, 0.05) is 16.6 Å². The van der Waals surface area contributed by atoms with E-state index in [-0.39, 0.29) is 18.1 Å². The highest BCUT2D eigenvalue weighted by atomic mass is 32.1. The molecule has 0 atom stereocenters. The number of hydrogen-bond donors (Lipinski definition) is 1. The van der Waals surface area contributed by atoms with E-state index in [0.717, 1.165) is 21.8 Å². The fraction of sp³-hybridized carbons (Fsp3) is 0.100. The number of anilines is 1. The van der Waals surface area contributed by atoms with Crippen LogP contribution in [0.25, 0.3) is 10.6 Å². The zero-order chi connectivity index (χ0) is 19.3. The number of carbonyl (C=O) groups excluding carboxylic acids is 1. The predicted octanol–water partition coefficient (Wildman–Crippen LogP) is 3.77. The fourth-order valence-electron chi connectivity index (χ4n) is 2.68. The van der Waals surface area contributed by atoms with Crippen LogP contribution in [-0.2, 0) is 17.8 Å².